The molecule has 1 aliphatic heterocycles. The van der Waals surface area contributed by atoms with Crippen molar-refractivity contribution in [2.24, 2.45) is 0 Å². The number of rotatable bonds is 3. The number of carbonyl (C=O) groups excluding carboxylic acids is 2. The summed E-state index contributed by atoms with van der Waals surface area (Å²) >= 11 is 9.14. The topological polar surface area (TPSA) is 69.6 Å². The number of hydrogen-bond acceptors (Lipinski definition) is 3. The summed E-state index contributed by atoms with van der Waals surface area (Å²) in [5.41, 5.74) is 1.26. The van der Waals surface area contributed by atoms with E-state index in [0.717, 1.165) is 10.5 Å². The molecular formula is C17H12BrClN2O3. The molecule has 0 spiro atoms. The summed E-state index contributed by atoms with van der Waals surface area (Å²) in [5.74, 6) is -0.519. The fraction of sp³-hybridized carbons (Fsp3) is 0.0588. The summed E-state index contributed by atoms with van der Waals surface area (Å²) in [6, 6.07) is 11.8. The highest BCUT2D eigenvalue weighted by molar-refractivity contribution is 9.10. The van der Waals surface area contributed by atoms with Gasteiger partial charge >= 0.3 is 6.03 Å². The molecule has 1 saturated heterocycles. The number of phenols is 1. The number of benzene rings is 2. The minimum Gasteiger partial charge on any atom is -0.506 e. The molecular weight excluding hydrogens is 396 g/mol. The van der Waals surface area contributed by atoms with Crippen LogP contribution in [0.15, 0.2) is 52.6 Å². The first-order valence-corrected chi connectivity index (χ1v) is 8.19. The maximum atomic E-state index is 12.5. The lowest BCUT2D eigenvalue weighted by Gasteiger charge is -2.11. The Bertz CT molecular complexity index is 852. The Labute approximate surface area is 151 Å². The Morgan fingerprint density at radius 3 is 2.62 bits per heavy atom. The van der Waals surface area contributed by atoms with Gasteiger partial charge in [-0.15, -0.1) is 0 Å². The van der Waals surface area contributed by atoms with Gasteiger partial charge in [-0.1, -0.05) is 41.9 Å². The van der Waals surface area contributed by atoms with Crippen molar-refractivity contribution >= 4 is 45.5 Å². The summed E-state index contributed by atoms with van der Waals surface area (Å²) in [7, 11) is 0. The lowest BCUT2D eigenvalue weighted by atomic mass is 10.1. The second-order valence-electron chi connectivity index (χ2n) is 5.19. The number of imide groups is 1. The third kappa shape index (κ3) is 3.29. The van der Waals surface area contributed by atoms with Gasteiger partial charge in [0.25, 0.3) is 5.91 Å². The molecule has 0 saturated carbocycles. The van der Waals surface area contributed by atoms with Gasteiger partial charge in [-0.2, -0.15) is 0 Å². The van der Waals surface area contributed by atoms with Crippen LogP contribution >= 0.6 is 27.5 Å². The summed E-state index contributed by atoms with van der Waals surface area (Å²) < 4.78 is 0.403. The van der Waals surface area contributed by atoms with Crippen molar-refractivity contribution in [1.82, 2.24) is 10.2 Å². The van der Waals surface area contributed by atoms with Gasteiger partial charge < -0.3 is 10.4 Å². The van der Waals surface area contributed by atoms with Crippen molar-refractivity contribution in [3.63, 3.8) is 0 Å². The van der Waals surface area contributed by atoms with Crippen LogP contribution in [-0.2, 0) is 11.3 Å². The van der Waals surface area contributed by atoms with Crippen molar-refractivity contribution in [2.75, 3.05) is 0 Å². The Morgan fingerprint density at radius 2 is 1.92 bits per heavy atom. The highest BCUT2D eigenvalue weighted by Gasteiger charge is 2.33. The molecule has 0 aromatic heterocycles. The van der Waals surface area contributed by atoms with Crippen LogP contribution in [0.1, 0.15) is 11.1 Å². The van der Waals surface area contributed by atoms with E-state index in [4.69, 9.17) is 11.6 Å². The molecule has 0 unspecified atom stereocenters. The quantitative estimate of drug-likeness (QED) is 0.599. The Hall–Kier alpha value is -2.31. The molecule has 0 atom stereocenters. The van der Waals surface area contributed by atoms with E-state index in [1.165, 1.54) is 18.2 Å². The smallest absolute Gasteiger partial charge is 0.329 e. The molecule has 5 nitrogen and oxygen atoms in total. The highest BCUT2D eigenvalue weighted by atomic mass is 79.9. The van der Waals surface area contributed by atoms with E-state index in [1.807, 2.05) is 30.3 Å². The molecule has 0 radical (unpaired) electrons. The zero-order valence-corrected chi connectivity index (χ0v) is 14.6. The van der Waals surface area contributed by atoms with Crippen LogP contribution in [0.2, 0.25) is 5.02 Å². The molecule has 2 aromatic carbocycles. The van der Waals surface area contributed by atoms with Gasteiger partial charge in [-0.3, -0.25) is 9.69 Å². The monoisotopic (exact) mass is 406 g/mol. The van der Waals surface area contributed by atoms with Crippen LogP contribution < -0.4 is 5.32 Å². The fourth-order valence-electron chi connectivity index (χ4n) is 2.33. The third-order valence-corrected chi connectivity index (χ3v) is 4.33. The van der Waals surface area contributed by atoms with Crippen LogP contribution in [0.3, 0.4) is 0 Å². The Morgan fingerprint density at radius 1 is 1.21 bits per heavy atom. The van der Waals surface area contributed by atoms with Gasteiger partial charge in [0.05, 0.1) is 11.0 Å². The first kappa shape index (κ1) is 16.5. The van der Waals surface area contributed by atoms with E-state index in [-0.39, 0.29) is 18.0 Å². The first-order chi connectivity index (χ1) is 11.5. The number of carbonyl (C=O) groups is 2. The molecule has 1 fully saturated rings. The van der Waals surface area contributed by atoms with Crippen LogP contribution in [-0.4, -0.2) is 21.9 Å². The Balaban J connectivity index is 1.89. The molecule has 3 rings (SSSR count). The van der Waals surface area contributed by atoms with Crippen molar-refractivity contribution in [3.8, 4) is 5.75 Å². The lowest BCUT2D eigenvalue weighted by Crippen LogP contribution is -2.30. The number of aromatic hydroxyl groups is 1. The summed E-state index contributed by atoms with van der Waals surface area (Å²) in [6.45, 7) is 0.175. The lowest BCUT2D eigenvalue weighted by molar-refractivity contribution is -0.123. The predicted molar refractivity (Wildman–Crippen MR) is 94.3 cm³/mol. The normalized spacial score (nSPS) is 15.9. The molecule has 0 bridgehead atoms. The van der Waals surface area contributed by atoms with Crippen molar-refractivity contribution < 1.29 is 14.7 Å². The predicted octanol–water partition coefficient (Wildman–Crippen LogP) is 3.90. The minimum absolute atomic E-state index is 0.0598. The molecule has 3 amide bonds. The van der Waals surface area contributed by atoms with Gasteiger partial charge in [0, 0.05) is 10.6 Å². The van der Waals surface area contributed by atoms with Crippen molar-refractivity contribution in [3.05, 3.63) is 68.8 Å². The molecule has 2 aromatic rings. The third-order valence-electron chi connectivity index (χ3n) is 3.50. The Kier molecular flexibility index (Phi) is 4.59. The zero-order chi connectivity index (χ0) is 17.3. The van der Waals surface area contributed by atoms with Crippen molar-refractivity contribution in [1.29, 1.82) is 0 Å². The average Bonchev–Trinajstić information content (AvgIpc) is 2.81. The number of amides is 3. The molecule has 7 heteroatoms. The summed E-state index contributed by atoms with van der Waals surface area (Å²) in [4.78, 5) is 25.6. The van der Waals surface area contributed by atoms with E-state index in [1.54, 1.807) is 0 Å². The van der Waals surface area contributed by atoms with Gasteiger partial charge in [-0.25, -0.2) is 4.79 Å². The number of urea groups is 1. The highest BCUT2D eigenvalue weighted by Crippen LogP contribution is 2.33. The molecule has 0 aliphatic carbocycles. The summed E-state index contributed by atoms with van der Waals surface area (Å²) in [5, 5.41) is 13.0. The largest absolute Gasteiger partial charge is 0.506 e. The molecule has 1 heterocycles. The van der Waals surface area contributed by atoms with E-state index in [0.29, 0.717) is 15.1 Å². The zero-order valence-electron chi connectivity index (χ0n) is 12.3. The van der Waals surface area contributed by atoms with Crippen LogP contribution in [0.5, 0.6) is 5.75 Å². The van der Waals surface area contributed by atoms with Gasteiger partial charge in [0.15, 0.2) is 0 Å². The second-order valence-corrected chi connectivity index (χ2v) is 6.48. The maximum Gasteiger partial charge on any atom is 0.329 e. The van der Waals surface area contributed by atoms with E-state index < -0.39 is 11.9 Å². The van der Waals surface area contributed by atoms with Crippen LogP contribution in [0.4, 0.5) is 4.79 Å². The van der Waals surface area contributed by atoms with Gasteiger partial charge in [0.2, 0.25) is 0 Å². The SMILES string of the molecule is O=C1N/C(=C/c2cc(Cl)cc(Br)c2O)C(=O)N1Cc1ccccc1. The molecule has 2 N–H and O–H groups in total. The average molecular weight is 408 g/mol. The van der Waals surface area contributed by atoms with E-state index in [2.05, 4.69) is 21.2 Å². The number of halogens is 2. The number of phenolic OH excluding ortho intramolecular Hbond substituents is 1. The summed E-state index contributed by atoms with van der Waals surface area (Å²) in [6.07, 6.45) is 1.40. The molecule has 24 heavy (non-hydrogen) atoms. The first-order valence-electron chi connectivity index (χ1n) is 7.02. The molecule has 122 valence electrons. The fourth-order valence-corrected chi connectivity index (χ4v) is 3.17. The molecule has 1 aliphatic rings. The van der Waals surface area contributed by atoms with Crippen molar-refractivity contribution in [2.45, 2.75) is 6.54 Å². The maximum absolute atomic E-state index is 12.5. The van der Waals surface area contributed by atoms with Crippen LogP contribution in [0.25, 0.3) is 6.08 Å². The number of hydrogen-bond donors (Lipinski definition) is 2. The second kappa shape index (κ2) is 6.67. The standard InChI is InChI=1S/C17H12BrClN2O3/c18-13-8-12(19)6-11(15(13)22)7-14-16(23)21(17(24)20-14)9-10-4-2-1-3-5-10/h1-8,22H,9H2,(H,20,24)/b14-7+. The van der Waals surface area contributed by atoms with Gasteiger partial charge in [0.1, 0.15) is 11.4 Å². The van der Waals surface area contributed by atoms with Gasteiger partial charge in [-0.05, 0) is 39.7 Å². The van der Waals surface area contributed by atoms with E-state index in [9.17, 15) is 14.7 Å². The van der Waals surface area contributed by atoms with E-state index >= 15 is 0 Å². The number of nitrogens with one attached hydrogen (secondary N) is 1. The number of nitrogens with zero attached hydrogens (tertiary/aromatic N) is 1. The minimum atomic E-state index is -0.504. The van der Waals surface area contributed by atoms with Crippen LogP contribution in [0, 0.1) is 0 Å².